The molecule has 0 saturated carbocycles. The zero-order valence-corrected chi connectivity index (χ0v) is 14.3. The highest BCUT2D eigenvalue weighted by atomic mass is 19.1. The molecule has 0 spiro atoms. The summed E-state index contributed by atoms with van der Waals surface area (Å²) in [5.41, 5.74) is 1.99. The third-order valence-corrected chi connectivity index (χ3v) is 4.54. The summed E-state index contributed by atoms with van der Waals surface area (Å²) in [5.74, 6) is -0.513. The van der Waals surface area contributed by atoms with Crippen LogP contribution in [-0.2, 0) is 0 Å². The number of benzene rings is 1. The molecule has 0 unspecified atom stereocenters. The molecule has 6 nitrogen and oxygen atoms in total. The smallest absolute Gasteiger partial charge is 0.276 e. The van der Waals surface area contributed by atoms with Gasteiger partial charge in [-0.15, -0.1) is 5.10 Å². The van der Waals surface area contributed by atoms with Crippen LogP contribution in [0.3, 0.4) is 0 Å². The van der Waals surface area contributed by atoms with Gasteiger partial charge in [0.2, 0.25) is 0 Å². The molecule has 2 heterocycles. The highest BCUT2D eigenvalue weighted by molar-refractivity contribution is 5.93. The molecule has 128 valence electrons. The summed E-state index contributed by atoms with van der Waals surface area (Å²) < 4.78 is 15.6. The van der Waals surface area contributed by atoms with E-state index in [-0.39, 0.29) is 11.7 Å². The van der Waals surface area contributed by atoms with Crippen molar-refractivity contribution in [2.45, 2.75) is 20.8 Å². The second kappa shape index (κ2) is 6.68. The van der Waals surface area contributed by atoms with Crippen molar-refractivity contribution in [3.63, 3.8) is 0 Å². The number of piperazine rings is 1. The Morgan fingerprint density at radius 3 is 2.54 bits per heavy atom. The Morgan fingerprint density at radius 1 is 1.21 bits per heavy atom. The van der Waals surface area contributed by atoms with Crippen LogP contribution in [0.15, 0.2) is 18.2 Å². The summed E-state index contributed by atoms with van der Waals surface area (Å²) >= 11 is 0. The van der Waals surface area contributed by atoms with Crippen molar-refractivity contribution in [1.29, 1.82) is 0 Å². The van der Waals surface area contributed by atoms with Gasteiger partial charge in [0, 0.05) is 26.2 Å². The van der Waals surface area contributed by atoms with Crippen molar-refractivity contribution in [3.8, 4) is 5.69 Å². The summed E-state index contributed by atoms with van der Waals surface area (Å²) in [6.45, 7) is 9.76. The molecule has 2 aromatic rings. The van der Waals surface area contributed by atoms with E-state index in [9.17, 15) is 9.18 Å². The van der Waals surface area contributed by atoms with E-state index in [0.29, 0.717) is 30.2 Å². The maximum Gasteiger partial charge on any atom is 0.276 e. The third kappa shape index (κ3) is 3.03. The van der Waals surface area contributed by atoms with Crippen molar-refractivity contribution < 1.29 is 9.18 Å². The summed E-state index contributed by atoms with van der Waals surface area (Å²) in [6, 6.07) is 4.91. The summed E-state index contributed by atoms with van der Waals surface area (Å²) in [7, 11) is 0. The fourth-order valence-corrected chi connectivity index (χ4v) is 2.96. The SMILES string of the molecule is CCN1CCN(C(=O)c2nnn(-c3ccc(C)cc3F)c2C)CC1. The molecule has 0 aliphatic carbocycles. The quantitative estimate of drug-likeness (QED) is 0.861. The van der Waals surface area contributed by atoms with Gasteiger partial charge in [0.1, 0.15) is 11.5 Å². The number of carbonyl (C=O) groups excluding carboxylic acids is 1. The second-order valence-electron chi connectivity index (χ2n) is 6.12. The maximum atomic E-state index is 14.2. The maximum absolute atomic E-state index is 14.2. The number of rotatable bonds is 3. The number of hydrogen-bond donors (Lipinski definition) is 0. The van der Waals surface area contributed by atoms with Gasteiger partial charge in [0.05, 0.1) is 5.69 Å². The first kappa shape index (κ1) is 16.6. The number of aryl methyl sites for hydroxylation is 1. The summed E-state index contributed by atoms with van der Waals surface area (Å²) in [5, 5.41) is 8.00. The van der Waals surface area contributed by atoms with Crippen LogP contribution in [0.1, 0.15) is 28.7 Å². The predicted molar refractivity (Wildman–Crippen MR) is 88.8 cm³/mol. The average Bonchev–Trinajstić information content (AvgIpc) is 2.96. The normalized spacial score (nSPS) is 15.8. The number of halogens is 1. The Kier molecular flexibility index (Phi) is 4.62. The van der Waals surface area contributed by atoms with Crippen molar-refractivity contribution in [2.75, 3.05) is 32.7 Å². The monoisotopic (exact) mass is 331 g/mol. The zero-order chi connectivity index (χ0) is 17.3. The fraction of sp³-hybridized carbons (Fsp3) is 0.471. The molecule has 1 aliphatic heterocycles. The number of nitrogens with zero attached hydrogens (tertiary/aromatic N) is 5. The summed E-state index contributed by atoms with van der Waals surface area (Å²) in [4.78, 5) is 16.8. The first-order chi connectivity index (χ1) is 11.5. The highest BCUT2D eigenvalue weighted by Crippen LogP contribution is 2.18. The Hall–Kier alpha value is -2.28. The molecule has 1 amide bonds. The topological polar surface area (TPSA) is 54.3 Å². The molecular formula is C17H22FN5O. The molecule has 1 aromatic carbocycles. The zero-order valence-electron chi connectivity index (χ0n) is 14.3. The van der Waals surface area contributed by atoms with E-state index in [4.69, 9.17) is 0 Å². The van der Waals surface area contributed by atoms with Gasteiger partial charge in [0.25, 0.3) is 5.91 Å². The van der Waals surface area contributed by atoms with Crippen LogP contribution in [0, 0.1) is 19.7 Å². The van der Waals surface area contributed by atoms with Gasteiger partial charge in [-0.25, -0.2) is 9.07 Å². The highest BCUT2D eigenvalue weighted by Gasteiger charge is 2.26. The molecular weight excluding hydrogens is 309 g/mol. The van der Waals surface area contributed by atoms with Crippen LogP contribution in [0.25, 0.3) is 5.69 Å². The largest absolute Gasteiger partial charge is 0.335 e. The first-order valence-corrected chi connectivity index (χ1v) is 8.21. The second-order valence-corrected chi connectivity index (χ2v) is 6.12. The average molecular weight is 331 g/mol. The lowest BCUT2D eigenvalue weighted by Gasteiger charge is -2.33. The van der Waals surface area contributed by atoms with Crippen molar-refractivity contribution in [3.05, 3.63) is 41.0 Å². The molecule has 1 saturated heterocycles. The lowest BCUT2D eigenvalue weighted by molar-refractivity contribution is 0.0636. The fourth-order valence-electron chi connectivity index (χ4n) is 2.96. The molecule has 0 bridgehead atoms. The van der Waals surface area contributed by atoms with Crippen LogP contribution < -0.4 is 0 Å². The third-order valence-electron chi connectivity index (χ3n) is 4.54. The molecule has 3 rings (SSSR count). The molecule has 1 aliphatic rings. The molecule has 0 N–H and O–H groups in total. The molecule has 0 atom stereocenters. The van der Waals surface area contributed by atoms with E-state index in [1.54, 1.807) is 17.9 Å². The van der Waals surface area contributed by atoms with Crippen LogP contribution >= 0.6 is 0 Å². The van der Waals surface area contributed by atoms with Gasteiger partial charge in [-0.05, 0) is 38.1 Å². The van der Waals surface area contributed by atoms with Crippen LogP contribution in [-0.4, -0.2) is 63.4 Å². The lowest BCUT2D eigenvalue weighted by Crippen LogP contribution is -2.48. The molecule has 0 radical (unpaired) electrons. The van der Waals surface area contributed by atoms with Gasteiger partial charge in [-0.3, -0.25) is 4.79 Å². The van der Waals surface area contributed by atoms with Crippen molar-refractivity contribution in [1.82, 2.24) is 24.8 Å². The van der Waals surface area contributed by atoms with Crippen molar-refractivity contribution >= 4 is 5.91 Å². The Labute approximate surface area is 140 Å². The standard InChI is InChI=1S/C17H22FN5O/c1-4-21-7-9-22(10-8-21)17(24)16-13(3)23(20-19-16)15-6-5-12(2)11-14(15)18/h5-6,11H,4,7-10H2,1-3H3. The lowest BCUT2D eigenvalue weighted by atomic mass is 10.2. The molecule has 24 heavy (non-hydrogen) atoms. The number of amides is 1. The number of aromatic nitrogens is 3. The van der Waals surface area contributed by atoms with Gasteiger partial charge >= 0.3 is 0 Å². The number of hydrogen-bond acceptors (Lipinski definition) is 4. The first-order valence-electron chi connectivity index (χ1n) is 8.21. The van der Waals surface area contributed by atoms with Gasteiger partial charge in [-0.2, -0.15) is 0 Å². The van der Waals surface area contributed by atoms with Crippen LogP contribution in [0.2, 0.25) is 0 Å². The van der Waals surface area contributed by atoms with Gasteiger partial charge in [0.15, 0.2) is 5.69 Å². The molecule has 1 aromatic heterocycles. The van der Waals surface area contributed by atoms with Gasteiger partial charge < -0.3 is 9.80 Å². The minimum Gasteiger partial charge on any atom is -0.335 e. The van der Waals surface area contributed by atoms with E-state index in [2.05, 4.69) is 22.1 Å². The van der Waals surface area contributed by atoms with Crippen molar-refractivity contribution in [2.24, 2.45) is 0 Å². The number of likely N-dealkylation sites (N-methyl/N-ethyl adjacent to an activating group) is 1. The van der Waals surface area contributed by atoms with E-state index in [0.717, 1.165) is 25.2 Å². The minimum atomic E-state index is -0.376. The minimum absolute atomic E-state index is 0.137. The molecule has 7 heteroatoms. The van der Waals surface area contributed by atoms with Crippen LogP contribution in [0.5, 0.6) is 0 Å². The summed E-state index contributed by atoms with van der Waals surface area (Å²) in [6.07, 6.45) is 0. The van der Waals surface area contributed by atoms with E-state index in [1.807, 2.05) is 13.0 Å². The Bertz CT molecular complexity index is 749. The van der Waals surface area contributed by atoms with Gasteiger partial charge in [-0.1, -0.05) is 18.2 Å². The number of carbonyl (C=O) groups is 1. The van der Waals surface area contributed by atoms with Crippen LogP contribution in [0.4, 0.5) is 4.39 Å². The van der Waals surface area contributed by atoms with E-state index >= 15 is 0 Å². The Morgan fingerprint density at radius 2 is 1.92 bits per heavy atom. The Balaban J connectivity index is 1.83. The predicted octanol–water partition coefficient (Wildman–Crippen LogP) is 1.80. The molecule has 1 fully saturated rings. The van der Waals surface area contributed by atoms with E-state index in [1.165, 1.54) is 10.7 Å². The van der Waals surface area contributed by atoms with E-state index < -0.39 is 0 Å².